The van der Waals surface area contributed by atoms with Crippen LogP contribution in [0.5, 0.6) is 5.75 Å². The van der Waals surface area contributed by atoms with E-state index < -0.39 is 17.3 Å². The van der Waals surface area contributed by atoms with E-state index in [-0.39, 0.29) is 71.4 Å². The molecule has 2 saturated heterocycles. The maximum atomic E-state index is 13.0. The van der Waals surface area contributed by atoms with E-state index in [2.05, 4.69) is 22.9 Å². The molecule has 4 atom stereocenters. The Hall–Kier alpha value is -2.53. The van der Waals surface area contributed by atoms with Crippen LogP contribution in [0.2, 0.25) is 0 Å². The van der Waals surface area contributed by atoms with Crippen molar-refractivity contribution in [1.82, 2.24) is 20.1 Å². The molecule has 0 bridgehead atoms. The van der Waals surface area contributed by atoms with Gasteiger partial charge in [0.15, 0.2) is 0 Å². The number of hydrogen-bond donors (Lipinski definition) is 4. The first-order valence-corrected chi connectivity index (χ1v) is 11.1. The van der Waals surface area contributed by atoms with Gasteiger partial charge in [-0.1, -0.05) is 12.1 Å². The van der Waals surface area contributed by atoms with Gasteiger partial charge < -0.3 is 20.4 Å². The first kappa shape index (κ1) is 24.6. The zero-order chi connectivity index (χ0) is 23.3. The molecule has 3 amide bonds. The van der Waals surface area contributed by atoms with E-state index in [1.54, 1.807) is 36.7 Å². The summed E-state index contributed by atoms with van der Waals surface area (Å²) < 4.78 is 0. The molecular weight excluding hydrogens is 467 g/mol. The quantitative estimate of drug-likeness (QED) is 0.285. The molecule has 3 aliphatic rings. The maximum absolute atomic E-state index is 13.0. The van der Waals surface area contributed by atoms with Gasteiger partial charge in [-0.2, -0.15) is 12.6 Å². The zero-order valence-electron chi connectivity index (χ0n) is 17.5. The minimum absolute atomic E-state index is 0. The van der Waals surface area contributed by atoms with Crippen molar-refractivity contribution in [2.24, 2.45) is 5.92 Å². The summed E-state index contributed by atoms with van der Waals surface area (Å²) in [6.45, 7) is 0.604. The van der Waals surface area contributed by atoms with Gasteiger partial charge in [-0.05, 0) is 47.4 Å². The normalized spacial score (nSPS) is 23.6. The number of carboxylic acid groups (broad SMARTS) is 1. The number of thiol groups is 1. The first-order valence-electron chi connectivity index (χ1n) is 10.6. The van der Waals surface area contributed by atoms with Crippen LogP contribution < -0.4 is 5.32 Å². The van der Waals surface area contributed by atoms with Crippen molar-refractivity contribution in [2.75, 3.05) is 6.54 Å². The van der Waals surface area contributed by atoms with Crippen molar-refractivity contribution in [1.29, 1.82) is 0 Å². The third-order valence-electron chi connectivity index (χ3n) is 6.58. The molecule has 1 aromatic heterocycles. The number of hydrogen-bond acceptors (Lipinski definition) is 6. The van der Waals surface area contributed by atoms with E-state index in [0.717, 1.165) is 11.1 Å². The molecule has 3 N–H and O–H groups in total. The minimum atomic E-state index is -1.17. The third kappa shape index (κ3) is 4.08. The average Bonchev–Trinajstić information content (AvgIpc) is 3.19. The molecule has 172 valence electrons. The molecule has 1 aromatic carbocycles. The number of amides is 3. The zero-order valence-corrected chi connectivity index (χ0v) is 18.4. The number of benzene rings is 1. The summed E-state index contributed by atoms with van der Waals surface area (Å²) in [5.74, 6) is -1.48. The Morgan fingerprint density at radius 1 is 1.18 bits per heavy atom. The molecule has 2 fully saturated rings. The molecule has 9 nitrogen and oxygen atoms in total. The van der Waals surface area contributed by atoms with Gasteiger partial charge in [-0.3, -0.25) is 14.7 Å². The van der Waals surface area contributed by atoms with Gasteiger partial charge >= 0.3 is 41.6 Å². The number of aromatic nitrogens is 1. The number of likely N-dealkylation sites (tertiary alicyclic amines) is 1. The van der Waals surface area contributed by atoms with Crippen LogP contribution in [0.1, 0.15) is 22.8 Å². The molecule has 0 aliphatic carbocycles. The summed E-state index contributed by atoms with van der Waals surface area (Å²) in [7, 11) is 0. The van der Waals surface area contributed by atoms with Crippen LogP contribution in [0.4, 0.5) is 4.79 Å². The number of pyridine rings is 1. The van der Waals surface area contributed by atoms with E-state index >= 15 is 0 Å². The summed E-state index contributed by atoms with van der Waals surface area (Å²) in [6, 6.07) is 8.66. The number of carbonyl (C=O) groups excluding carboxylic acids is 2. The number of β-lactam (4-membered cyclic amide) rings is 1. The molecule has 3 aliphatic heterocycles. The molecule has 0 radical (unpaired) electrons. The fourth-order valence-corrected chi connectivity index (χ4v) is 5.46. The molecule has 2 aromatic rings. The van der Waals surface area contributed by atoms with Gasteiger partial charge in [0.1, 0.15) is 17.5 Å². The fraction of sp³-hybridized carbons (Fsp3) is 0.304. The molecule has 0 spiro atoms. The van der Waals surface area contributed by atoms with Crippen LogP contribution in [0, 0.1) is 5.92 Å². The Morgan fingerprint density at radius 3 is 2.50 bits per heavy atom. The molecule has 34 heavy (non-hydrogen) atoms. The standard InChI is InChI=1S/C23H22N4O5S.Na.H/c28-15-3-1-12(2-4-15)10-25-23(32)26-11-14-9-16(20(33)13-5-7-24-8-6-13)18(22(30)31)27-17(14)19(26)21(27)29;;/h1-8,14,17,19-20,28,33H,9-11H2,(H,25,32)(H,30,31);;/t14-,17-,19+,20?;;/m1../s1. The number of nitrogens with one attached hydrogen (secondary N) is 1. The van der Waals surface area contributed by atoms with Crippen molar-refractivity contribution < 1.29 is 24.6 Å². The monoisotopic (exact) mass is 490 g/mol. The second-order valence-electron chi connectivity index (χ2n) is 8.45. The van der Waals surface area contributed by atoms with Crippen LogP contribution in [0.25, 0.3) is 0 Å². The second-order valence-corrected chi connectivity index (χ2v) is 8.96. The number of carbonyl (C=O) groups is 3. The van der Waals surface area contributed by atoms with Crippen LogP contribution in [0.3, 0.4) is 0 Å². The Kier molecular flexibility index (Phi) is 6.95. The number of urea groups is 1. The Bertz CT molecular complexity index is 1160. The van der Waals surface area contributed by atoms with Crippen LogP contribution in [-0.2, 0) is 16.1 Å². The number of aromatic hydroxyl groups is 1. The van der Waals surface area contributed by atoms with Crippen molar-refractivity contribution >= 4 is 60.1 Å². The fourth-order valence-electron chi connectivity index (χ4n) is 5.06. The van der Waals surface area contributed by atoms with E-state index in [4.69, 9.17) is 0 Å². The van der Waals surface area contributed by atoms with E-state index in [0.29, 0.717) is 18.5 Å². The van der Waals surface area contributed by atoms with Gasteiger partial charge in [0.05, 0.1) is 11.3 Å². The molecule has 0 saturated carbocycles. The predicted molar refractivity (Wildman–Crippen MR) is 127 cm³/mol. The van der Waals surface area contributed by atoms with Gasteiger partial charge in [0.25, 0.3) is 5.91 Å². The van der Waals surface area contributed by atoms with Crippen molar-refractivity contribution in [3.05, 3.63) is 71.2 Å². The van der Waals surface area contributed by atoms with Crippen molar-refractivity contribution in [2.45, 2.75) is 30.3 Å². The number of rotatable bonds is 5. The number of nitrogens with zero attached hydrogens (tertiary/aromatic N) is 3. The third-order valence-corrected chi connectivity index (χ3v) is 7.19. The van der Waals surface area contributed by atoms with Crippen molar-refractivity contribution in [3.8, 4) is 5.75 Å². The Balaban J connectivity index is 0.00000274. The molecule has 5 rings (SSSR count). The van der Waals surface area contributed by atoms with E-state index in [1.165, 1.54) is 21.9 Å². The summed E-state index contributed by atoms with van der Waals surface area (Å²) in [4.78, 5) is 45.0. The average molecular weight is 491 g/mol. The summed E-state index contributed by atoms with van der Waals surface area (Å²) in [5, 5.41) is 21.7. The van der Waals surface area contributed by atoms with Gasteiger partial charge in [-0.25, -0.2) is 9.59 Å². The van der Waals surface area contributed by atoms with Crippen LogP contribution in [0.15, 0.2) is 60.1 Å². The number of phenols is 1. The van der Waals surface area contributed by atoms with Crippen molar-refractivity contribution in [3.63, 3.8) is 0 Å². The Morgan fingerprint density at radius 2 is 1.85 bits per heavy atom. The summed E-state index contributed by atoms with van der Waals surface area (Å²) >= 11 is 4.68. The predicted octanol–water partition coefficient (Wildman–Crippen LogP) is 1.27. The molecule has 1 unspecified atom stereocenters. The number of phenolic OH excluding ortho intramolecular Hbond substituents is 1. The summed E-state index contributed by atoms with van der Waals surface area (Å²) in [5.41, 5.74) is 2.15. The van der Waals surface area contributed by atoms with Gasteiger partial charge in [0.2, 0.25) is 0 Å². The second kappa shape index (κ2) is 9.61. The number of carboxylic acids is 1. The van der Waals surface area contributed by atoms with Gasteiger partial charge in [-0.15, -0.1) is 0 Å². The molecule has 4 heterocycles. The topological polar surface area (TPSA) is 123 Å². The summed E-state index contributed by atoms with van der Waals surface area (Å²) in [6.07, 6.45) is 3.67. The first-order chi connectivity index (χ1) is 15.9. The van der Waals surface area contributed by atoms with E-state index in [9.17, 15) is 24.6 Å². The van der Waals surface area contributed by atoms with Gasteiger partial charge in [0, 0.05) is 31.4 Å². The van der Waals surface area contributed by atoms with E-state index in [1.807, 2.05) is 0 Å². The SMILES string of the molecule is O=C(O)C1=C(C(S)c2ccncc2)C[C@@H]2CN(C(=O)NCc3ccc(O)cc3)[C@@H]3C(=O)N1[C@H]23.[NaH]. The molecule has 11 heteroatoms. The molecular formula is C23H23N4NaO5S. The number of aliphatic carboxylic acids is 1. The van der Waals surface area contributed by atoms with Crippen LogP contribution >= 0.6 is 12.6 Å². The Labute approximate surface area is 223 Å². The van der Waals surface area contributed by atoms with Crippen LogP contribution in [-0.4, -0.2) is 91.1 Å².